The minimum atomic E-state index is -1.30. The molecule has 1 aliphatic rings. The van der Waals surface area contributed by atoms with Crippen LogP contribution in [0.1, 0.15) is 0 Å². The summed E-state index contributed by atoms with van der Waals surface area (Å²) in [5.74, 6) is 0. The summed E-state index contributed by atoms with van der Waals surface area (Å²) >= 11 is -1.30. The van der Waals surface area contributed by atoms with Gasteiger partial charge in [-0.15, -0.1) is 0 Å². The summed E-state index contributed by atoms with van der Waals surface area (Å²) in [5, 5.41) is 16.9. The first-order valence-electron chi connectivity index (χ1n) is 3.53. The van der Waals surface area contributed by atoms with Crippen molar-refractivity contribution < 1.29 is 9.85 Å². The number of hydrogen-bond donors (Lipinski definition) is 1. The van der Waals surface area contributed by atoms with Gasteiger partial charge in [-0.1, -0.05) is 0 Å². The van der Waals surface area contributed by atoms with E-state index in [0.717, 1.165) is 4.55 Å². The molecule has 1 rings (SSSR count). The van der Waals surface area contributed by atoms with E-state index in [1.807, 2.05) is 5.12 Å². The molecular formula is C6H14IN5+2. The molecule has 0 atom stereocenters. The maximum atomic E-state index is 7.02. The first-order valence-corrected chi connectivity index (χ1v) is 8.29. The molecule has 0 bridgehead atoms. The molecule has 6 heteroatoms. The predicted octanol–water partition coefficient (Wildman–Crippen LogP) is -0.558. The molecule has 12 heavy (non-hydrogen) atoms. The summed E-state index contributed by atoms with van der Waals surface area (Å²) < 4.78 is 4.13. The fourth-order valence-corrected chi connectivity index (χ4v) is 2.84. The molecule has 68 valence electrons. The van der Waals surface area contributed by atoms with Crippen LogP contribution in [0.2, 0.25) is 0 Å². The number of nitrogens with one attached hydrogen (secondary N) is 1. The Balaban J connectivity index is 2.53. The fourth-order valence-electron chi connectivity index (χ4n) is 0.796. The number of nitrogens with zero attached hydrogens (tertiary/aromatic N) is 4. The zero-order chi connectivity index (χ0) is 9.19. The summed E-state index contributed by atoms with van der Waals surface area (Å²) in [4.78, 5) is 2.10. The SMILES string of the molecule is CI(C#[NH+])CN1N=NC[N+]1(C)C. The number of alkyl halides is 2. The molecule has 0 aromatic heterocycles. The van der Waals surface area contributed by atoms with Crippen LogP contribution >= 0.6 is 19.8 Å². The average molecular weight is 283 g/mol. The molecule has 0 aliphatic carbocycles. The van der Waals surface area contributed by atoms with Gasteiger partial charge in [-0.3, -0.25) is 0 Å². The van der Waals surface area contributed by atoms with E-state index in [9.17, 15) is 0 Å². The molecule has 0 fully saturated rings. The van der Waals surface area contributed by atoms with Gasteiger partial charge in [0.15, 0.2) is 0 Å². The van der Waals surface area contributed by atoms with Crippen molar-refractivity contribution in [2.45, 2.75) is 0 Å². The second-order valence-electron chi connectivity index (χ2n) is 3.17. The third-order valence-electron chi connectivity index (χ3n) is 1.65. The third kappa shape index (κ3) is 2.04. The normalized spacial score (nSPS) is 20.8. The van der Waals surface area contributed by atoms with Crippen molar-refractivity contribution in [3.63, 3.8) is 0 Å². The zero-order valence-electron chi connectivity index (χ0n) is 7.58. The van der Waals surface area contributed by atoms with Crippen LogP contribution in [-0.4, -0.2) is 40.0 Å². The summed E-state index contributed by atoms with van der Waals surface area (Å²) in [7, 11) is 4.13. The number of hydrogen-bond acceptors (Lipinski definition) is 3. The Hall–Kier alpha value is -0.420. The van der Waals surface area contributed by atoms with Gasteiger partial charge in [0.05, 0.1) is 0 Å². The van der Waals surface area contributed by atoms with E-state index >= 15 is 0 Å². The van der Waals surface area contributed by atoms with Crippen LogP contribution in [0.25, 0.3) is 0 Å². The summed E-state index contributed by atoms with van der Waals surface area (Å²) in [5.41, 5.74) is 0. The number of halogens is 1. The van der Waals surface area contributed by atoms with Crippen LogP contribution in [0, 0.1) is 4.08 Å². The van der Waals surface area contributed by atoms with E-state index in [0.29, 0.717) is 11.3 Å². The molecule has 1 aliphatic heterocycles. The Labute approximate surface area is 79.6 Å². The van der Waals surface area contributed by atoms with E-state index in [4.69, 9.17) is 5.26 Å². The van der Waals surface area contributed by atoms with Crippen LogP contribution in [0.4, 0.5) is 0 Å². The van der Waals surface area contributed by atoms with Gasteiger partial charge in [-0.05, 0) is 0 Å². The van der Waals surface area contributed by atoms with Crippen LogP contribution in [0.5, 0.6) is 0 Å². The van der Waals surface area contributed by atoms with Crippen LogP contribution in [0.15, 0.2) is 10.3 Å². The van der Waals surface area contributed by atoms with Crippen LogP contribution < -0.4 is 5.26 Å². The molecule has 0 spiro atoms. The zero-order valence-corrected chi connectivity index (χ0v) is 9.74. The molecule has 0 aromatic carbocycles. The van der Waals surface area contributed by atoms with Crippen molar-refractivity contribution in [1.82, 2.24) is 5.12 Å². The van der Waals surface area contributed by atoms with E-state index in [1.54, 1.807) is 0 Å². The van der Waals surface area contributed by atoms with Crippen LogP contribution in [0.3, 0.4) is 0 Å². The van der Waals surface area contributed by atoms with Crippen molar-refractivity contribution in [3.8, 4) is 4.08 Å². The minimum absolute atomic E-state index is 0.684. The number of quaternary nitrogens is 1. The van der Waals surface area contributed by atoms with Gasteiger partial charge in [0.1, 0.15) is 0 Å². The Bertz CT molecular complexity index is 231. The molecule has 0 saturated carbocycles. The van der Waals surface area contributed by atoms with E-state index in [-0.39, 0.29) is 0 Å². The van der Waals surface area contributed by atoms with E-state index in [2.05, 4.69) is 33.4 Å². The summed E-state index contributed by atoms with van der Waals surface area (Å²) in [6, 6.07) is 0. The van der Waals surface area contributed by atoms with Crippen molar-refractivity contribution in [1.29, 1.82) is 0 Å². The average Bonchev–Trinajstić information content (AvgIpc) is 2.31. The quantitative estimate of drug-likeness (QED) is 0.314. The third-order valence-corrected chi connectivity index (χ3v) is 4.20. The van der Waals surface area contributed by atoms with E-state index < -0.39 is 19.8 Å². The molecule has 0 aromatic rings. The van der Waals surface area contributed by atoms with Crippen LogP contribution in [-0.2, 0) is 0 Å². The van der Waals surface area contributed by atoms with Gasteiger partial charge >= 0.3 is 79.5 Å². The maximum absolute atomic E-state index is 7.02. The van der Waals surface area contributed by atoms with Crippen molar-refractivity contribution in [2.75, 3.05) is 30.2 Å². The van der Waals surface area contributed by atoms with Crippen molar-refractivity contribution >= 4 is 19.8 Å². The standard InChI is InChI=1S/C6H13IN5/c1-7(4-8)5-11-10-9-6-12(11,2)3/h5-6H2,1-3H3/q+1/p+1. The Morgan fingerprint density at radius 3 is 2.75 bits per heavy atom. The van der Waals surface area contributed by atoms with E-state index in [1.165, 1.54) is 0 Å². The van der Waals surface area contributed by atoms with Crippen molar-refractivity contribution in [3.05, 3.63) is 0 Å². The molecule has 5 nitrogen and oxygen atoms in total. The molecule has 0 saturated heterocycles. The van der Waals surface area contributed by atoms with Gasteiger partial charge < -0.3 is 0 Å². The summed E-state index contributed by atoms with van der Waals surface area (Å²) in [6.45, 7) is 0.710. The Morgan fingerprint density at radius 1 is 1.67 bits per heavy atom. The monoisotopic (exact) mass is 283 g/mol. The molecule has 1 heterocycles. The Kier molecular flexibility index (Phi) is 2.85. The Morgan fingerprint density at radius 2 is 2.33 bits per heavy atom. The number of rotatable bonds is 2. The second-order valence-corrected chi connectivity index (χ2v) is 7.76. The predicted molar refractivity (Wildman–Crippen MR) is 53.3 cm³/mol. The van der Waals surface area contributed by atoms with Crippen molar-refractivity contribution in [2.24, 2.45) is 10.3 Å². The van der Waals surface area contributed by atoms with Gasteiger partial charge in [0, 0.05) is 0 Å². The molecule has 0 amide bonds. The molecule has 1 N–H and O–H groups in total. The van der Waals surface area contributed by atoms with Gasteiger partial charge in [-0.2, -0.15) is 0 Å². The first-order chi connectivity index (χ1) is 5.56. The molecule has 0 radical (unpaired) electrons. The molecule has 0 unspecified atom stereocenters. The first kappa shape index (κ1) is 9.67. The van der Waals surface area contributed by atoms with Gasteiger partial charge in [0.2, 0.25) is 0 Å². The van der Waals surface area contributed by atoms with Gasteiger partial charge in [0.25, 0.3) is 0 Å². The summed E-state index contributed by atoms with van der Waals surface area (Å²) in [6.07, 6.45) is 0. The molecular weight excluding hydrogens is 269 g/mol. The fraction of sp³-hybridized carbons (Fsp3) is 0.833. The second kappa shape index (κ2) is 3.53. The topological polar surface area (TPSA) is 51.8 Å². The van der Waals surface area contributed by atoms with Gasteiger partial charge in [-0.25, -0.2) is 0 Å².